The molecule has 0 unspecified atom stereocenters. The van der Waals surface area contributed by atoms with Crippen molar-refractivity contribution in [3.8, 4) is 11.8 Å². The molecule has 0 aliphatic heterocycles. The van der Waals surface area contributed by atoms with E-state index in [9.17, 15) is 14.0 Å². The fraction of sp³-hybridized carbons (Fsp3) is 0.118. The van der Waals surface area contributed by atoms with Crippen LogP contribution in [0.3, 0.4) is 0 Å². The van der Waals surface area contributed by atoms with Gasteiger partial charge in [-0.3, -0.25) is 10.1 Å². The topological polar surface area (TPSA) is 101 Å². The van der Waals surface area contributed by atoms with Crippen LogP contribution in [0.4, 0.5) is 9.18 Å². The van der Waals surface area contributed by atoms with Crippen molar-refractivity contribution in [1.82, 2.24) is 9.88 Å². The number of hydrogen-bond acceptors (Lipinski definition) is 3. The third-order valence-electron chi connectivity index (χ3n) is 3.46. The van der Waals surface area contributed by atoms with Crippen LogP contribution < -0.4 is 11.1 Å². The van der Waals surface area contributed by atoms with Crippen LogP contribution in [-0.4, -0.2) is 16.5 Å². The van der Waals surface area contributed by atoms with E-state index in [1.807, 2.05) is 23.7 Å². The van der Waals surface area contributed by atoms with Gasteiger partial charge in [0.2, 0.25) is 0 Å². The number of carbonyl (C=O) groups excluding carboxylic acids is 2. The first-order valence-corrected chi connectivity index (χ1v) is 7.01. The fourth-order valence-electron chi connectivity index (χ4n) is 2.40. The highest BCUT2D eigenvalue weighted by Crippen LogP contribution is 2.23. The van der Waals surface area contributed by atoms with Gasteiger partial charge in [-0.25, -0.2) is 9.18 Å². The van der Waals surface area contributed by atoms with Gasteiger partial charge in [0.1, 0.15) is 17.5 Å². The van der Waals surface area contributed by atoms with Crippen LogP contribution in [0.15, 0.2) is 35.9 Å². The van der Waals surface area contributed by atoms with E-state index in [1.165, 1.54) is 18.2 Å². The van der Waals surface area contributed by atoms with E-state index in [-0.39, 0.29) is 11.4 Å². The van der Waals surface area contributed by atoms with Crippen LogP contribution in [-0.2, 0) is 4.79 Å². The second-order valence-corrected chi connectivity index (χ2v) is 5.13. The molecule has 0 saturated carbocycles. The Bertz CT molecular complexity index is 873. The summed E-state index contributed by atoms with van der Waals surface area (Å²) in [5.41, 5.74) is 7.64. The van der Waals surface area contributed by atoms with Crippen molar-refractivity contribution in [2.75, 3.05) is 0 Å². The van der Waals surface area contributed by atoms with Crippen molar-refractivity contribution in [2.24, 2.45) is 5.73 Å². The van der Waals surface area contributed by atoms with E-state index in [2.05, 4.69) is 0 Å². The number of amides is 3. The summed E-state index contributed by atoms with van der Waals surface area (Å²) in [7, 11) is 0. The molecule has 2 rings (SSSR count). The zero-order valence-corrected chi connectivity index (χ0v) is 13.1. The lowest BCUT2D eigenvalue weighted by atomic mass is 10.1. The average Bonchev–Trinajstić information content (AvgIpc) is 2.79. The molecule has 0 bridgehead atoms. The Morgan fingerprint density at radius 2 is 1.92 bits per heavy atom. The van der Waals surface area contributed by atoms with Crippen molar-refractivity contribution in [1.29, 1.82) is 5.26 Å². The zero-order chi connectivity index (χ0) is 17.9. The molecule has 24 heavy (non-hydrogen) atoms. The van der Waals surface area contributed by atoms with Crippen LogP contribution >= 0.6 is 0 Å². The number of aromatic nitrogens is 1. The first kappa shape index (κ1) is 17.0. The van der Waals surface area contributed by atoms with E-state index in [0.29, 0.717) is 5.56 Å². The van der Waals surface area contributed by atoms with Crippen molar-refractivity contribution >= 4 is 18.0 Å². The summed E-state index contributed by atoms with van der Waals surface area (Å²) in [6.07, 6.45) is 1.38. The highest BCUT2D eigenvalue weighted by atomic mass is 19.1. The number of nitrogens with one attached hydrogen (secondary N) is 1. The standard InChI is InChI=1S/C17H15FN4O2/c1-10-7-12(8-13(9-19)16(23)21-17(20)24)11(2)22(10)15-5-3-14(18)4-6-15/h3-8H,1-2H3,(H3,20,21,23,24)/b13-8-. The Labute approximate surface area is 138 Å². The lowest BCUT2D eigenvalue weighted by Crippen LogP contribution is -2.35. The van der Waals surface area contributed by atoms with Crippen LogP contribution in [0.1, 0.15) is 17.0 Å². The first-order valence-electron chi connectivity index (χ1n) is 7.01. The molecule has 122 valence electrons. The van der Waals surface area contributed by atoms with Crippen molar-refractivity contribution < 1.29 is 14.0 Å². The molecule has 6 nitrogen and oxygen atoms in total. The Morgan fingerprint density at radius 1 is 1.29 bits per heavy atom. The number of hydrogen-bond donors (Lipinski definition) is 2. The highest BCUT2D eigenvalue weighted by Gasteiger charge is 2.14. The summed E-state index contributed by atoms with van der Waals surface area (Å²) in [5.74, 6) is -1.20. The number of aryl methyl sites for hydroxylation is 1. The van der Waals surface area contributed by atoms with Crippen LogP contribution in [0.25, 0.3) is 11.8 Å². The summed E-state index contributed by atoms with van der Waals surface area (Å²) in [4.78, 5) is 22.5. The van der Waals surface area contributed by atoms with Gasteiger partial charge in [-0.05, 0) is 55.8 Å². The Hall–Kier alpha value is -3.40. The number of nitriles is 1. The number of imide groups is 1. The van der Waals surface area contributed by atoms with Gasteiger partial charge in [-0.15, -0.1) is 0 Å². The van der Waals surface area contributed by atoms with Gasteiger partial charge in [-0.1, -0.05) is 0 Å². The monoisotopic (exact) mass is 326 g/mol. The van der Waals surface area contributed by atoms with E-state index >= 15 is 0 Å². The van der Waals surface area contributed by atoms with Gasteiger partial charge in [0, 0.05) is 17.1 Å². The maximum Gasteiger partial charge on any atom is 0.319 e. The average molecular weight is 326 g/mol. The molecule has 0 radical (unpaired) electrons. The molecule has 0 aliphatic carbocycles. The van der Waals surface area contributed by atoms with Gasteiger partial charge in [-0.2, -0.15) is 5.26 Å². The SMILES string of the molecule is Cc1cc(/C=C(/C#N)C(=O)NC(N)=O)c(C)n1-c1ccc(F)cc1. The zero-order valence-electron chi connectivity index (χ0n) is 13.1. The van der Waals surface area contributed by atoms with Crippen LogP contribution in [0, 0.1) is 31.0 Å². The molecule has 2 aromatic rings. The normalized spacial score (nSPS) is 11.0. The lowest BCUT2D eigenvalue weighted by molar-refractivity contribution is -0.115. The second-order valence-electron chi connectivity index (χ2n) is 5.13. The van der Waals surface area contributed by atoms with Crippen molar-refractivity contribution in [2.45, 2.75) is 13.8 Å². The maximum absolute atomic E-state index is 13.1. The third kappa shape index (κ3) is 3.50. The third-order valence-corrected chi connectivity index (χ3v) is 3.46. The van der Waals surface area contributed by atoms with Crippen molar-refractivity contribution in [3.63, 3.8) is 0 Å². The van der Waals surface area contributed by atoms with Crippen LogP contribution in [0.2, 0.25) is 0 Å². The molecular formula is C17H15FN4O2. The fourth-order valence-corrected chi connectivity index (χ4v) is 2.40. The van der Waals surface area contributed by atoms with Gasteiger partial charge in [0.25, 0.3) is 5.91 Å². The highest BCUT2D eigenvalue weighted by molar-refractivity contribution is 6.08. The molecule has 7 heteroatoms. The summed E-state index contributed by atoms with van der Waals surface area (Å²) >= 11 is 0. The number of carbonyl (C=O) groups is 2. The molecule has 0 saturated heterocycles. The van der Waals surface area contributed by atoms with Gasteiger partial charge in [0.15, 0.2) is 0 Å². The first-order chi connectivity index (χ1) is 11.3. The van der Waals surface area contributed by atoms with E-state index in [1.54, 1.807) is 24.3 Å². The molecule has 3 N–H and O–H groups in total. The molecule has 1 heterocycles. The smallest absolute Gasteiger partial charge is 0.319 e. The minimum absolute atomic E-state index is 0.242. The Kier molecular flexibility index (Phi) is 4.80. The Balaban J connectivity index is 2.46. The quantitative estimate of drug-likeness (QED) is 0.668. The number of urea groups is 1. The molecule has 1 aromatic carbocycles. The molecule has 0 aliphatic rings. The summed E-state index contributed by atoms with van der Waals surface area (Å²) in [6.45, 7) is 3.66. The predicted molar refractivity (Wildman–Crippen MR) is 86.5 cm³/mol. The largest absolute Gasteiger partial charge is 0.351 e. The van der Waals surface area contributed by atoms with E-state index < -0.39 is 11.9 Å². The number of primary amides is 1. The molecule has 3 amide bonds. The lowest BCUT2D eigenvalue weighted by Gasteiger charge is -2.09. The summed E-state index contributed by atoms with van der Waals surface area (Å²) in [5, 5.41) is 11.0. The predicted octanol–water partition coefficient (Wildman–Crippen LogP) is 2.34. The number of benzene rings is 1. The van der Waals surface area contributed by atoms with E-state index in [0.717, 1.165) is 17.1 Å². The minimum Gasteiger partial charge on any atom is -0.351 e. The second kappa shape index (κ2) is 6.79. The molecule has 0 fully saturated rings. The molecule has 0 spiro atoms. The molecular weight excluding hydrogens is 311 g/mol. The number of rotatable bonds is 3. The number of halogens is 1. The number of nitrogens with two attached hydrogens (primary N) is 1. The van der Waals surface area contributed by atoms with Gasteiger partial charge >= 0.3 is 6.03 Å². The maximum atomic E-state index is 13.1. The van der Waals surface area contributed by atoms with Crippen LogP contribution in [0.5, 0.6) is 0 Å². The Morgan fingerprint density at radius 3 is 2.46 bits per heavy atom. The van der Waals surface area contributed by atoms with Gasteiger partial charge < -0.3 is 10.3 Å². The van der Waals surface area contributed by atoms with Gasteiger partial charge in [0.05, 0.1) is 0 Å². The van der Waals surface area contributed by atoms with Crippen molar-refractivity contribution in [3.05, 3.63) is 58.7 Å². The molecule has 0 atom stereocenters. The van der Waals surface area contributed by atoms with E-state index in [4.69, 9.17) is 11.0 Å². The minimum atomic E-state index is -1.03. The molecule has 1 aromatic heterocycles. The number of nitrogens with zero attached hydrogens (tertiary/aromatic N) is 2. The summed E-state index contributed by atoms with van der Waals surface area (Å²) in [6, 6.07) is 8.47. The summed E-state index contributed by atoms with van der Waals surface area (Å²) < 4.78 is 14.9.